The maximum atomic E-state index is 11.7. The van der Waals surface area contributed by atoms with E-state index in [4.69, 9.17) is 0 Å². The van der Waals surface area contributed by atoms with Gasteiger partial charge in [-0.15, -0.1) is 0 Å². The smallest absolute Gasteiger partial charge is 0.0630 e. The molecular weight excluding hydrogens is 400 g/mol. The van der Waals surface area contributed by atoms with E-state index < -0.39 is 5.60 Å². The van der Waals surface area contributed by atoms with Crippen molar-refractivity contribution in [2.45, 2.75) is 168 Å². The third-order valence-electron chi connectivity index (χ3n) is 6.19. The van der Waals surface area contributed by atoms with Crippen molar-refractivity contribution in [2.75, 3.05) is 0 Å². The average molecular weight is 467 g/mol. The van der Waals surface area contributed by atoms with E-state index >= 15 is 0 Å². The molecule has 0 bridgehead atoms. The molecule has 0 rings (SSSR count). The van der Waals surface area contributed by atoms with Gasteiger partial charge in [0.1, 0.15) is 0 Å². The summed E-state index contributed by atoms with van der Waals surface area (Å²) in [4.78, 5) is 0. The summed E-state index contributed by atoms with van der Waals surface area (Å²) in [5, 5.41) is 11.7. The Balaban J connectivity index is 6.65. The molecule has 0 amide bonds. The van der Waals surface area contributed by atoms with Gasteiger partial charge in [-0.1, -0.05) is 111 Å². The maximum absolute atomic E-state index is 11.7. The van der Waals surface area contributed by atoms with Crippen molar-refractivity contribution in [1.29, 1.82) is 0 Å². The lowest BCUT2D eigenvalue weighted by Crippen LogP contribution is -2.44. The quantitative estimate of drug-likeness (QED) is 0.358. The van der Waals surface area contributed by atoms with Gasteiger partial charge >= 0.3 is 0 Å². The second-order valence-electron chi connectivity index (χ2n) is 18.8. The van der Waals surface area contributed by atoms with E-state index in [1.165, 1.54) is 25.7 Å². The summed E-state index contributed by atoms with van der Waals surface area (Å²) < 4.78 is 0. The number of rotatable bonds is 9. The fraction of sp³-hybridized carbons (Fsp3) is 1.00. The van der Waals surface area contributed by atoms with Gasteiger partial charge in [0.25, 0.3) is 0 Å². The Hall–Kier alpha value is -0.0400. The summed E-state index contributed by atoms with van der Waals surface area (Å²) in [6, 6.07) is 0. The Morgan fingerprint density at radius 2 is 0.606 bits per heavy atom. The highest BCUT2D eigenvalue weighted by atomic mass is 16.3. The van der Waals surface area contributed by atoms with Crippen LogP contribution >= 0.6 is 0 Å². The fourth-order valence-electron chi connectivity index (χ4n) is 8.25. The molecule has 1 nitrogen and oxygen atoms in total. The summed E-state index contributed by atoms with van der Waals surface area (Å²) >= 11 is 0. The first-order valence-electron chi connectivity index (χ1n) is 13.7. The standard InChI is InChI=1S/C32H66O/c1-25(2,3)18-30(16,23-31(17,33)19-26(4,5)6)24-32(20-27(7,8)9,21-28(10,11)12)22-29(13,14)15/h33H,18-24H2,1-17H3/t30?,31-/m0/s1. The molecular formula is C32H66O. The molecule has 0 fully saturated rings. The fourth-order valence-corrected chi connectivity index (χ4v) is 8.25. The molecule has 1 N–H and O–H groups in total. The van der Waals surface area contributed by atoms with Crippen LogP contribution in [0.25, 0.3) is 0 Å². The monoisotopic (exact) mass is 467 g/mol. The van der Waals surface area contributed by atoms with Gasteiger partial charge in [0.15, 0.2) is 0 Å². The lowest BCUT2D eigenvalue weighted by atomic mass is 9.53. The molecule has 0 spiro atoms. The summed E-state index contributed by atoms with van der Waals surface area (Å²) in [5.41, 5.74) is 0.818. The van der Waals surface area contributed by atoms with E-state index in [2.05, 4.69) is 118 Å². The molecule has 0 aliphatic rings. The van der Waals surface area contributed by atoms with Crippen molar-refractivity contribution in [3.8, 4) is 0 Å². The van der Waals surface area contributed by atoms with Crippen LogP contribution in [0, 0.1) is 37.9 Å². The summed E-state index contributed by atoms with van der Waals surface area (Å²) in [6.07, 6.45) is 7.73. The van der Waals surface area contributed by atoms with Crippen LogP contribution in [0.3, 0.4) is 0 Å². The van der Waals surface area contributed by atoms with E-state index in [0.717, 1.165) is 19.3 Å². The minimum absolute atomic E-state index is 0.0781. The molecule has 0 aromatic rings. The van der Waals surface area contributed by atoms with Crippen LogP contribution in [-0.4, -0.2) is 10.7 Å². The third kappa shape index (κ3) is 16.3. The van der Waals surface area contributed by atoms with E-state index in [-0.39, 0.29) is 37.9 Å². The Kier molecular flexibility index (Phi) is 10.1. The Morgan fingerprint density at radius 1 is 0.333 bits per heavy atom. The molecule has 0 radical (unpaired) electrons. The lowest BCUT2D eigenvalue weighted by Gasteiger charge is -2.52. The molecule has 0 aliphatic carbocycles. The molecule has 200 valence electrons. The van der Waals surface area contributed by atoms with Crippen molar-refractivity contribution in [1.82, 2.24) is 0 Å². The molecule has 33 heavy (non-hydrogen) atoms. The first-order valence-corrected chi connectivity index (χ1v) is 13.7. The van der Waals surface area contributed by atoms with Gasteiger partial charge in [-0.3, -0.25) is 0 Å². The third-order valence-corrected chi connectivity index (χ3v) is 6.19. The van der Waals surface area contributed by atoms with Crippen LogP contribution in [0.4, 0.5) is 0 Å². The van der Waals surface area contributed by atoms with Crippen LogP contribution < -0.4 is 0 Å². The Morgan fingerprint density at radius 3 is 0.848 bits per heavy atom. The van der Waals surface area contributed by atoms with E-state index in [0.29, 0.717) is 0 Å². The van der Waals surface area contributed by atoms with Crippen molar-refractivity contribution < 1.29 is 5.11 Å². The van der Waals surface area contributed by atoms with Crippen molar-refractivity contribution in [3.63, 3.8) is 0 Å². The van der Waals surface area contributed by atoms with E-state index in [9.17, 15) is 5.11 Å². The molecule has 0 saturated carbocycles. The largest absolute Gasteiger partial charge is 0.390 e. The van der Waals surface area contributed by atoms with Crippen molar-refractivity contribution >= 4 is 0 Å². The summed E-state index contributed by atoms with van der Waals surface area (Å²) in [7, 11) is 0. The second-order valence-corrected chi connectivity index (χ2v) is 18.8. The molecule has 1 heteroatoms. The zero-order valence-electron chi connectivity index (χ0n) is 26.4. The predicted octanol–water partition coefficient (Wildman–Crippen LogP) is 10.7. The topological polar surface area (TPSA) is 20.2 Å². The number of hydrogen-bond donors (Lipinski definition) is 1. The normalized spacial score (nSPS) is 18.7. The van der Waals surface area contributed by atoms with Gasteiger partial charge in [0.05, 0.1) is 5.60 Å². The van der Waals surface area contributed by atoms with Crippen LogP contribution in [0.2, 0.25) is 0 Å². The molecule has 0 aromatic carbocycles. The first kappa shape index (κ1) is 33.0. The van der Waals surface area contributed by atoms with Crippen molar-refractivity contribution in [3.05, 3.63) is 0 Å². The number of aliphatic hydroxyl groups is 1. The van der Waals surface area contributed by atoms with Gasteiger partial charge in [0.2, 0.25) is 0 Å². The van der Waals surface area contributed by atoms with Gasteiger partial charge in [-0.05, 0) is 89.8 Å². The van der Waals surface area contributed by atoms with E-state index in [1.807, 2.05) is 0 Å². The number of hydrogen-bond acceptors (Lipinski definition) is 1. The molecule has 0 heterocycles. The SMILES string of the molecule is CC(C)(C)CC(C)(CC(CC(C)(C)C)(CC(C)(C)C)CC(C)(C)C)C[C@@](C)(O)CC(C)(C)C. The van der Waals surface area contributed by atoms with Crippen LogP contribution in [0.15, 0.2) is 0 Å². The average Bonchev–Trinajstić information content (AvgIpc) is 2.20. The zero-order valence-corrected chi connectivity index (χ0v) is 26.4. The van der Waals surface area contributed by atoms with Crippen LogP contribution in [0.5, 0.6) is 0 Å². The zero-order chi connectivity index (χ0) is 26.9. The van der Waals surface area contributed by atoms with Crippen molar-refractivity contribution in [2.24, 2.45) is 37.9 Å². The van der Waals surface area contributed by atoms with Crippen LogP contribution in [-0.2, 0) is 0 Å². The molecule has 1 unspecified atom stereocenters. The second kappa shape index (κ2) is 10.1. The highest BCUT2D eigenvalue weighted by Crippen LogP contribution is 2.58. The lowest BCUT2D eigenvalue weighted by molar-refractivity contribution is -0.0619. The molecule has 2 atom stereocenters. The van der Waals surface area contributed by atoms with Gasteiger partial charge in [-0.25, -0.2) is 0 Å². The van der Waals surface area contributed by atoms with Crippen LogP contribution in [0.1, 0.15) is 163 Å². The van der Waals surface area contributed by atoms with Gasteiger partial charge in [-0.2, -0.15) is 0 Å². The molecule has 0 aromatic heterocycles. The van der Waals surface area contributed by atoms with E-state index in [1.54, 1.807) is 0 Å². The highest BCUT2D eigenvalue weighted by molar-refractivity contribution is 4.99. The first-order chi connectivity index (χ1) is 13.9. The Bertz CT molecular complexity index is 548. The predicted molar refractivity (Wildman–Crippen MR) is 151 cm³/mol. The minimum Gasteiger partial charge on any atom is -0.390 e. The highest BCUT2D eigenvalue weighted by Gasteiger charge is 2.48. The van der Waals surface area contributed by atoms with Gasteiger partial charge in [0, 0.05) is 0 Å². The van der Waals surface area contributed by atoms with Gasteiger partial charge < -0.3 is 5.11 Å². The minimum atomic E-state index is -0.658. The molecule has 0 saturated heterocycles. The molecule has 0 aliphatic heterocycles. The maximum Gasteiger partial charge on any atom is 0.0630 e. The summed E-state index contributed by atoms with van der Waals surface area (Å²) in [5.74, 6) is 0. The summed E-state index contributed by atoms with van der Waals surface area (Å²) in [6.45, 7) is 40.3. The Labute approximate surface area is 211 Å².